The van der Waals surface area contributed by atoms with Gasteiger partial charge in [-0.05, 0) is 63.6 Å². The largest absolute Gasteiger partial charge is 0.305 e. The average Bonchev–Trinajstić information content (AvgIpc) is 2.70. The van der Waals surface area contributed by atoms with Gasteiger partial charge >= 0.3 is 0 Å². The summed E-state index contributed by atoms with van der Waals surface area (Å²) in [6, 6.07) is 2.56. The van der Waals surface area contributed by atoms with Crippen LogP contribution in [0.25, 0.3) is 0 Å². The molecule has 2 heteroatoms. The molecular weight excluding hydrogens is 244 g/mol. The Labute approximate surface area is 123 Å². The molecule has 1 unspecified atom stereocenters. The van der Waals surface area contributed by atoms with Crippen molar-refractivity contribution in [2.24, 2.45) is 0 Å². The highest BCUT2D eigenvalue weighted by Gasteiger charge is 2.20. The van der Waals surface area contributed by atoms with Crippen LogP contribution in [0.5, 0.6) is 0 Å². The van der Waals surface area contributed by atoms with E-state index in [-0.39, 0.29) is 0 Å². The standard InChI is InChI=1S/C18H28N2/c1-4-11-19-18(16-9-7-5-6-8-10-16)17-15(3)12-14(2)13-20-17/h9,12-13,18-19H,4-8,10-11H2,1-3H3. The molecule has 1 atom stereocenters. The van der Waals surface area contributed by atoms with Gasteiger partial charge in [0.15, 0.2) is 0 Å². The molecule has 2 nitrogen and oxygen atoms in total. The van der Waals surface area contributed by atoms with E-state index in [4.69, 9.17) is 4.98 Å². The Balaban J connectivity index is 2.28. The normalized spacial score (nSPS) is 17.4. The van der Waals surface area contributed by atoms with Crippen LogP contribution in [0.15, 0.2) is 23.9 Å². The van der Waals surface area contributed by atoms with Crippen LogP contribution in [0, 0.1) is 13.8 Å². The molecule has 1 aliphatic carbocycles. The predicted molar refractivity (Wildman–Crippen MR) is 85.9 cm³/mol. The van der Waals surface area contributed by atoms with E-state index in [1.54, 1.807) is 5.57 Å². The topological polar surface area (TPSA) is 24.9 Å². The summed E-state index contributed by atoms with van der Waals surface area (Å²) >= 11 is 0. The molecule has 1 aliphatic rings. The van der Waals surface area contributed by atoms with Crippen molar-refractivity contribution in [2.75, 3.05) is 6.54 Å². The Morgan fingerprint density at radius 2 is 2.10 bits per heavy atom. The number of hydrogen-bond acceptors (Lipinski definition) is 2. The van der Waals surface area contributed by atoms with E-state index in [0.29, 0.717) is 6.04 Å². The van der Waals surface area contributed by atoms with Gasteiger partial charge in [-0.15, -0.1) is 0 Å². The summed E-state index contributed by atoms with van der Waals surface area (Å²) in [5.41, 5.74) is 5.33. The van der Waals surface area contributed by atoms with Gasteiger partial charge in [-0.2, -0.15) is 0 Å². The fourth-order valence-electron chi connectivity index (χ4n) is 3.02. The summed E-state index contributed by atoms with van der Waals surface area (Å²) in [4.78, 5) is 4.73. The van der Waals surface area contributed by atoms with Crippen molar-refractivity contribution in [3.05, 3.63) is 40.7 Å². The first-order valence-electron chi connectivity index (χ1n) is 8.07. The molecule has 0 bridgehead atoms. The number of nitrogens with one attached hydrogen (secondary N) is 1. The van der Waals surface area contributed by atoms with Gasteiger partial charge in [0.25, 0.3) is 0 Å². The second-order valence-electron chi connectivity index (χ2n) is 5.98. The fourth-order valence-corrected chi connectivity index (χ4v) is 3.02. The first-order chi connectivity index (χ1) is 9.72. The van der Waals surface area contributed by atoms with E-state index >= 15 is 0 Å². The van der Waals surface area contributed by atoms with Gasteiger partial charge < -0.3 is 5.32 Å². The van der Waals surface area contributed by atoms with Crippen LogP contribution in [0.2, 0.25) is 0 Å². The molecule has 110 valence electrons. The van der Waals surface area contributed by atoms with E-state index in [1.807, 2.05) is 6.20 Å². The zero-order valence-corrected chi connectivity index (χ0v) is 13.2. The Kier molecular flexibility index (Phi) is 5.78. The Hall–Kier alpha value is -1.15. The van der Waals surface area contributed by atoms with Gasteiger partial charge in [-0.1, -0.05) is 31.1 Å². The van der Waals surface area contributed by atoms with Crippen molar-refractivity contribution in [2.45, 2.75) is 65.3 Å². The minimum absolute atomic E-state index is 0.314. The summed E-state index contributed by atoms with van der Waals surface area (Å²) in [5.74, 6) is 0. The number of allylic oxidation sites excluding steroid dienone is 1. The van der Waals surface area contributed by atoms with Crippen molar-refractivity contribution >= 4 is 0 Å². The summed E-state index contributed by atoms with van der Waals surface area (Å²) in [5, 5.41) is 3.71. The van der Waals surface area contributed by atoms with Crippen LogP contribution in [0.3, 0.4) is 0 Å². The smallest absolute Gasteiger partial charge is 0.0713 e. The first kappa shape index (κ1) is 15.2. The van der Waals surface area contributed by atoms with Crippen LogP contribution in [-0.2, 0) is 0 Å². The third-order valence-electron chi connectivity index (χ3n) is 4.07. The third kappa shape index (κ3) is 3.92. The zero-order valence-electron chi connectivity index (χ0n) is 13.2. The molecule has 0 radical (unpaired) electrons. The van der Waals surface area contributed by atoms with Crippen LogP contribution in [0.4, 0.5) is 0 Å². The Morgan fingerprint density at radius 3 is 2.85 bits per heavy atom. The van der Waals surface area contributed by atoms with Gasteiger partial charge in [-0.25, -0.2) is 0 Å². The molecule has 1 N–H and O–H groups in total. The highest BCUT2D eigenvalue weighted by molar-refractivity contribution is 5.31. The predicted octanol–water partition coefficient (Wildman–Crippen LogP) is 4.63. The fraction of sp³-hybridized carbons (Fsp3) is 0.611. The third-order valence-corrected chi connectivity index (χ3v) is 4.07. The quantitative estimate of drug-likeness (QED) is 0.790. The number of pyridine rings is 1. The summed E-state index contributed by atoms with van der Waals surface area (Å²) in [6.45, 7) is 7.58. The van der Waals surface area contributed by atoms with Gasteiger partial charge in [0, 0.05) is 6.20 Å². The lowest BCUT2D eigenvalue weighted by molar-refractivity contribution is 0.553. The molecule has 0 spiro atoms. The highest BCUT2D eigenvalue weighted by Crippen LogP contribution is 2.30. The van der Waals surface area contributed by atoms with Crippen molar-refractivity contribution in [3.63, 3.8) is 0 Å². The minimum Gasteiger partial charge on any atom is -0.305 e. The number of aryl methyl sites for hydroxylation is 2. The van der Waals surface area contributed by atoms with Crippen LogP contribution >= 0.6 is 0 Å². The number of rotatable bonds is 5. The molecule has 0 fully saturated rings. The SMILES string of the molecule is CCCNC(C1=CCCCCC1)c1ncc(C)cc1C. The molecule has 1 heterocycles. The minimum atomic E-state index is 0.314. The summed E-state index contributed by atoms with van der Waals surface area (Å²) in [7, 11) is 0. The van der Waals surface area contributed by atoms with Crippen molar-refractivity contribution < 1.29 is 0 Å². The van der Waals surface area contributed by atoms with E-state index in [1.165, 1.54) is 48.9 Å². The second kappa shape index (κ2) is 7.58. The molecule has 1 aromatic rings. The Bertz CT molecular complexity index is 462. The highest BCUT2D eigenvalue weighted by atomic mass is 14.9. The number of nitrogens with zero attached hydrogens (tertiary/aromatic N) is 1. The van der Waals surface area contributed by atoms with Crippen molar-refractivity contribution in [3.8, 4) is 0 Å². The van der Waals surface area contributed by atoms with Crippen molar-refractivity contribution in [1.29, 1.82) is 0 Å². The van der Waals surface area contributed by atoms with E-state index in [9.17, 15) is 0 Å². The lowest BCUT2D eigenvalue weighted by Crippen LogP contribution is -2.25. The Morgan fingerprint density at radius 1 is 1.25 bits per heavy atom. The summed E-state index contributed by atoms with van der Waals surface area (Å²) in [6.07, 6.45) is 12.1. The van der Waals surface area contributed by atoms with Gasteiger partial charge in [-0.3, -0.25) is 4.98 Å². The monoisotopic (exact) mass is 272 g/mol. The molecule has 1 aromatic heterocycles. The summed E-state index contributed by atoms with van der Waals surface area (Å²) < 4.78 is 0. The molecule has 0 aliphatic heterocycles. The van der Waals surface area contributed by atoms with E-state index in [2.05, 4.69) is 38.2 Å². The zero-order chi connectivity index (χ0) is 14.4. The number of hydrogen-bond donors (Lipinski definition) is 1. The second-order valence-corrected chi connectivity index (χ2v) is 5.98. The molecular formula is C18H28N2. The van der Waals surface area contributed by atoms with E-state index in [0.717, 1.165) is 13.0 Å². The van der Waals surface area contributed by atoms with Gasteiger partial charge in [0.2, 0.25) is 0 Å². The number of aromatic nitrogens is 1. The lowest BCUT2D eigenvalue weighted by Gasteiger charge is -2.23. The van der Waals surface area contributed by atoms with Gasteiger partial charge in [0.05, 0.1) is 11.7 Å². The van der Waals surface area contributed by atoms with E-state index < -0.39 is 0 Å². The molecule has 0 aromatic carbocycles. The molecule has 0 amide bonds. The maximum atomic E-state index is 4.73. The molecule has 0 saturated carbocycles. The molecule has 20 heavy (non-hydrogen) atoms. The average molecular weight is 272 g/mol. The lowest BCUT2D eigenvalue weighted by atomic mass is 9.95. The molecule has 0 saturated heterocycles. The maximum absolute atomic E-state index is 4.73. The van der Waals surface area contributed by atoms with Crippen LogP contribution < -0.4 is 5.32 Å². The first-order valence-corrected chi connectivity index (χ1v) is 8.07. The molecule has 2 rings (SSSR count). The van der Waals surface area contributed by atoms with Crippen LogP contribution in [0.1, 0.15) is 68.3 Å². The maximum Gasteiger partial charge on any atom is 0.0713 e. The van der Waals surface area contributed by atoms with Crippen LogP contribution in [-0.4, -0.2) is 11.5 Å². The van der Waals surface area contributed by atoms with Crippen molar-refractivity contribution in [1.82, 2.24) is 10.3 Å². The van der Waals surface area contributed by atoms with Gasteiger partial charge in [0.1, 0.15) is 0 Å².